The van der Waals surface area contributed by atoms with Crippen LogP contribution in [-0.4, -0.2) is 32.6 Å². The maximum Gasteiger partial charge on any atom is 0.317 e. The zero-order valence-corrected chi connectivity index (χ0v) is 17.4. The third-order valence-electron chi connectivity index (χ3n) is 4.76. The highest BCUT2D eigenvalue weighted by molar-refractivity contribution is 7.11. The van der Waals surface area contributed by atoms with Crippen molar-refractivity contribution in [3.05, 3.63) is 51.2 Å². The number of esters is 1. The summed E-state index contributed by atoms with van der Waals surface area (Å²) in [6.07, 6.45) is 2.05. The molecular weight excluding hydrogens is 400 g/mol. The lowest BCUT2D eigenvalue weighted by molar-refractivity contribution is -0.151. The molecule has 1 heterocycles. The highest BCUT2D eigenvalue weighted by atomic mass is 35.5. The topological polar surface area (TPSA) is 61.8 Å². The number of ketones is 1. The van der Waals surface area contributed by atoms with Crippen LogP contribution in [0.1, 0.15) is 29.7 Å². The molecule has 148 valence electrons. The van der Waals surface area contributed by atoms with Crippen molar-refractivity contribution >= 4 is 40.3 Å². The molecule has 2 atom stereocenters. The summed E-state index contributed by atoms with van der Waals surface area (Å²) in [4.78, 5) is 26.5. The molecule has 2 aromatic rings. The van der Waals surface area contributed by atoms with Crippen molar-refractivity contribution in [1.29, 1.82) is 0 Å². The molecule has 7 heteroatoms. The van der Waals surface area contributed by atoms with Gasteiger partial charge in [-0.3, -0.25) is 9.59 Å². The van der Waals surface area contributed by atoms with Gasteiger partial charge in [0.15, 0.2) is 17.3 Å². The fourth-order valence-corrected chi connectivity index (χ4v) is 4.63. The van der Waals surface area contributed by atoms with Gasteiger partial charge in [0.05, 0.1) is 25.8 Å². The molecule has 3 rings (SSSR count). The lowest BCUT2D eigenvalue weighted by Crippen LogP contribution is -2.34. The van der Waals surface area contributed by atoms with Crippen molar-refractivity contribution in [2.24, 2.45) is 5.92 Å². The summed E-state index contributed by atoms with van der Waals surface area (Å²) in [6.45, 7) is 1.92. The Bertz CT molecular complexity index is 904. The van der Waals surface area contributed by atoms with Gasteiger partial charge >= 0.3 is 5.97 Å². The van der Waals surface area contributed by atoms with Crippen LogP contribution in [0.25, 0.3) is 5.57 Å². The van der Waals surface area contributed by atoms with Crippen LogP contribution in [0.3, 0.4) is 0 Å². The number of hydrogen-bond donors (Lipinski definition) is 0. The fourth-order valence-electron chi connectivity index (χ4n) is 3.50. The molecule has 5 nitrogen and oxygen atoms in total. The van der Waals surface area contributed by atoms with Crippen molar-refractivity contribution in [2.75, 3.05) is 20.8 Å². The van der Waals surface area contributed by atoms with Gasteiger partial charge < -0.3 is 14.2 Å². The molecule has 1 aliphatic rings. The summed E-state index contributed by atoms with van der Waals surface area (Å²) in [5.74, 6) is -1.35. The number of allylic oxidation sites excluding steroid dienone is 2. The van der Waals surface area contributed by atoms with Crippen molar-refractivity contribution in [3.63, 3.8) is 0 Å². The van der Waals surface area contributed by atoms with Crippen molar-refractivity contribution in [2.45, 2.75) is 19.3 Å². The first-order valence-corrected chi connectivity index (χ1v) is 10.1. The highest BCUT2D eigenvalue weighted by Crippen LogP contribution is 2.47. The Balaban J connectivity index is 2.10. The highest BCUT2D eigenvalue weighted by Gasteiger charge is 2.41. The van der Waals surface area contributed by atoms with Gasteiger partial charge in [-0.05, 0) is 48.1 Å². The molecule has 0 fully saturated rings. The number of benzene rings is 1. The lowest BCUT2D eigenvalue weighted by atomic mass is 9.74. The van der Waals surface area contributed by atoms with Gasteiger partial charge in [0.2, 0.25) is 0 Å². The SMILES string of the molecule is CCOC(=O)[C@H]1C(=O)C=C(c2cccs2)C[C@H]1c1ccc(OC)c(OC)c1Cl. The van der Waals surface area contributed by atoms with Crippen LogP contribution in [0.2, 0.25) is 5.02 Å². The lowest BCUT2D eigenvalue weighted by Gasteiger charge is -2.30. The largest absolute Gasteiger partial charge is 0.493 e. The van der Waals surface area contributed by atoms with E-state index in [0.29, 0.717) is 28.5 Å². The zero-order valence-electron chi connectivity index (χ0n) is 15.9. The molecule has 1 aliphatic carbocycles. The minimum Gasteiger partial charge on any atom is -0.493 e. The standard InChI is InChI=1S/C21H21ClO5S/c1-4-27-21(24)18-14(10-12(11-15(18)23)17-6-5-9-28-17)13-7-8-16(25-2)20(26-3)19(13)22/h5-9,11,14,18H,4,10H2,1-3H3/t14-,18+/m0/s1. The zero-order chi connectivity index (χ0) is 20.3. The van der Waals surface area contributed by atoms with E-state index in [1.807, 2.05) is 17.5 Å². The van der Waals surface area contributed by atoms with E-state index in [0.717, 1.165) is 10.5 Å². The van der Waals surface area contributed by atoms with Crippen molar-refractivity contribution in [1.82, 2.24) is 0 Å². The predicted octanol–water partition coefficient (Wildman–Crippen LogP) is 4.74. The molecule has 0 aliphatic heterocycles. The van der Waals surface area contributed by atoms with Gasteiger partial charge in [0.25, 0.3) is 0 Å². The third kappa shape index (κ3) is 3.80. The first kappa shape index (κ1) is 20.4. The molecule has 0 saturated heterocycles. The molecule has 0 amide bonds. The average Bonchev–Trinajstić information content (AvgIpc) is 3.22. The van der Waals surface area contributed by atoms with Crippen LogP contribution in [0.15, 0.2) is 35.7 Å². The van der Waals surface area contributed by atoms with Gasteiger partial charge in [0, 0.05) is 10.8 Å². The van der Waals surface area contributed by atoms with Crippen LogP contribution in [0.4, 0.5) is 0 Å². The average molecular weight is 421 g/mol. The van der Waals surface area contributed by atoms with Gasteiger partial charge in [-0.2, -0.15) is 0 Å². The van der Waals surface area contributed by atoms with E-state index < -0.39 is 17.8 Å². The Kier molecular flexibility index (Phi) is 6.42. The number of hydrogen-bond acceptors (Lipinski definition) is 6. The Labute approximate surface area is 172 Å². The van der Waals surface area contributed by atoms with Gasteiger partial charge in [-0.25, -0.2) is 0 Å². The summed E-state index contributed by atoms with van der Waals surface area (Å²) in [5, 5.41) is 2.29. The maximum absolute atomic E-state index is 12.9. The van der Waals surface area contributed by atoms with E-state index in [4.69, 9.17) is 25.8 Å². The molecule has 28 heavy (non-hydrogen) atoms. The minimum atomic E-state index is -0.945. The summed E-state index contributed by atoms with van der Waals surface area (Å²) < 4.78 is 15.9. The summed E-state index contributed by atoms with van der Waals surface area (Å²) in [7, 11) is 3.02. The maximum atomic E-state index is 12.9. The van der Waals surface area contributed by atoms with Crippen LogP contribution >= 0.6 is 22.9 Å². The molecule has 0 N–H and O–H groups in total. The van der Waals surface area contributed by atoms with E-state index in [-0.39, 0.29) is 12.4 Å². The number of carbonyl (C=O) groups is 2. The third-order valence-corrected chi connectivity index (χ3v) is 6.09. The first-order chi connectivity index (χ1) is 13.5. The fraction of sp³-hybridized carbons (Fsp3) is 0.333. The van der Waals surface area contributed by atoms with E-state index in [1.54, 1.807) is 36.5 Å². The number of methoxy groups -OCH3 is 2. The molecule has 0 saturated carbocycles. The van der Waals surface area contributed by atoms with Crippen LogP contribution < -0.4 is 9.47 Å². The van der Waals surface area contributed by atoms with E-state index in [9.17, 15) is 9.59 Å². The van der Waals surface area contributed by atoms with Crippen molar-refractivity contribution < 1.29 is 23.8 Å². The van der Waals surface area contributed by atoms with Gasteiger partial charge in [-0.1, -0.05) is 23.7 Å². The molecular formula is C21H21ClO5S. The van der Waals surface area contributed by atoms with Crippen LogP contribution in [0, 0.1) is 5.92 Å². The number of rotatable bonds is 6. The Hall–Kier alpha value is -2.31. The molecule has 1 aromatic carbocycles. The van der Waals surface area contributed by atoms with Gasteiger partial charge in [0.1, 0.15) is 5.92 Å². The van der Waals surface area contributed by atoms with Crippen LogP contribution in [-0.2, 0) is 14.3 Å². The summed E-state index contributed by atoms with van der Waals surface area (Å²) >= 11 is 8.16. The predicted molar refractivity (Wildman–Crippen MR) is 109 cm³/mol. The molecule has 0 spiro atoms. The Morgan fingerprint density at radius 2 is 2.04 bits per heavy atom. The molecule has 0 unspecified atom stereocenters. The second-order valence-corrected chi connectivity index (χ2v) is 7.62. The van der Waals surface area contributed by atoms with E-state index >= 15 is 0 Å². The minimum absolute atomic E-state index is 0.205. The van der Waals surface area contributed by atoms with E-state index in [2.05, 4.69) is 0 Å². The number of ether oxygens (including phenoxy) is 3. The summed E-state index contributed by atoms with van der Waals surface area (Å²) in [6, 6.07) is 7.41. The summed E-state index contributed by atoms with van der Waals surface area (Å²) in [5.41, 5.74) is 1.55. The second-order valence-electron chi connectivity index (χ2n) is 6.29. The van der Waals surface area contributed by atoms with E-state index in [1.165, 1.54) is 14.2 Å². The number of halogens is 1. The molecule has 0 radical (unpaired) electrons. The van der Waals surface area contributed by atoms with Crippen LogP contribution in [0.5, 0.6) is 11.5 Å². The smallest absolute Gasteiger partial charge is 0.317 e. The normalized spacial score (nSPS) is 19.1. The Morgan fingerprint density at radius 1 is 1.25 bits per heavy atom. The number of carbonyl (C=O) groups excluding carboxylic acids is 2. The molecule has 1 aromatic heterocycles. The quantitative estimate of drug-likeness (QED) is 0.499. The molecule has 0 bridgehead atoms. The monoisotopic (exact) mass is 420 g/mol. The first-order valence-electron chi connectivity index (χ1n) is 8.87. The van der Waals surface area contributed by atoms with Crippen molar-refractivity contribution in [3.8, 4) is 11.5 Å². The number of thiophene rings is 1. The van der Waals surface area contributed by atoms with Gasteiger partial charge in [-0.15, -0.1) is 11.3 Å². The second kappa shape index (κ2) is 8.80. The Morgan fingerprint density at radius 3 is 2.64 bits per heavy atom.